The second-order valence-corrected chi connectivity index (χ2v) is 7.86. The number of nitrogens with zero attached hydrogens (tertiary/aromatic N) is 1. The fourth-order valence-electron chi connectivity index (χ4n) is 3.19. The molecule has 1 heterocycles. The Bertz CT molecular complexity index is 989. The van der Waals surface area contributed by atoms with Gasteiger partial charge in [0.1, 0.15) is 12.3 Å². The standard InChI is InChI=1S/C22H22N2O4S/c1-13-9-14(2)20(15(3)10-13)23-19(25)12-24-21(26)18(29-22(24)27)11-16-5-7-17(28-4)8-6-16/h5-11H,12H2,1-4H3,(H,23,25)/b18-11+. The predicted octanol–water partition coefficient (Wildman–Crippen LogP) is 4.30. The number of carbonyl (C=O) groups is 3. The number of methoxy groups -OCH3 is 1. The molecule has 0 unspecified atom stereocenters. The van der Waals surface area contributed by atoms with Crippen LogP contribution in [0.5, 0.6) is 5.75 Å². The molecule has 0 atom stereocenters. The summed E-state index contributed by atoms with van der Waals surface area (Å²) in [4.78, 5) is 38.6. The van der Waals surface area contributed by atoms with Crippen LogP contribution >= 0.6 is 11.8 Å². The van der Waals surface area contributed by atoms with E-state index in [9.17, 15) is 14.4 Å². The molecule has 1 N–H and O–H groups in total. The zero-order chi connectivity index (χ0) is 21.1. The quantitative estimate of drug-likeness (QED) is 0.744. The Morgan fingerprint density at radius 3 is 2.31 bits per heavy atom. The van der Waals surface area contributed by atoms with Gasteiger partial charge < -0.3 is 10.1 Å². The van der Waals surface area contributed by atoms with Crippen molar-refractivity contribution in [3.63, 3.8) is 0 Å². The van der Waals surface area contributed by atoms with Crippen LogP contribution in [0.2, 0.25) is 0 Å². The van der Waals surface area contributed by atoms with Crippen LogP contribution < -0.4 is 10.1 Å². The monoisotopic (exact) mass is 410 g/mol. The number of thioether (sulfide) groups is 1. The summed E-state index contributed by atoms with van der Waals surface area (Å²) < 4.78 is 5.11. The number of amides is 3. The molecular weight excluding hydrogens is 388 g/mol. The molecule has 0 saturated carbocycles. The maximum absolute atomic E-state index is 12.6. The fraction of sp³-hybridized carbons (Fsp3) is 0.227. The number of hydrogen-bond acceptors (Lipinski definition) is 5. The molecule has 6 nitrogen and oxygen atoms in total. The van der Waals surface area contributed by atoms with Crippen LogP contribution in [-0.4, -0.2) is 35.6 Å². The number of benzene rings is 2. The average molecular weight is 410 g/mol. The number of hydrogen-bond donors (Lipinski definition) is 1. The van der Waals surface area contributed by atoms with Crippen molar-refractivity contribution in [3.05, 3.63) is 63.6 Å². The molecule has 0 aliphatic carbocycles. The van der Waals surface area contributed by atoms with Crippen LogP contribution in [0.25, 0.3) is 6.08 Å². The second-order valence-electron chi connectivity index (χ2n) is 6.86. The zero-order valence-corrected chi connectivity index (χ0v) is 17.6. The number of anilines is 1. The zero-order valence-electron chi connectivity index (χ0n) is 16.7. The highest BCUT2D eigenvalue weighted by Gasteiger charge is 2.36. The summed E-state index contributed by atoms with van der Waals surface area (Å²) in [6.45, 7) is 5.49. The molecule has 3 rings (SSSR count). The Hall–Kier alpha value is -3.06. The van der Waals surface area contributed by atoms with E-state index in [1.54, 1.807) is 37.5 Å². The summed E-state index contributed by atoms with van der Waals surface area (Å²) in [6.07, 6.45) is 1.64. The van der Waals surface area contributed by atoms with Crippen LogP contribution in [-0.2, 0) is 9.59 Å². The topological polar surface area (TPSA) is 75.7 Å². The molecule has 1 saturated heterocycles. The van der Waals surface area contributed by atoms with Gasteiger partial charge in [0.2, 0.25) is 5.91 Å². The maximum atomic E-state index is 12.6. The van der Waals surface area contributed by atoms with E-state index < -0.39 is 17.1 Å². The summed E-state index contributed by atoms with van der Waals surface area (Å²) >= 11 is 0.830. The van der Waals surface area contributed by atoms with Gasteiger partial charge in [-0.05, 0) is 67.4 Å². The van der Waals surface area contributed by atoms with Crippen molar-refractivity contribution in [1.82, 2.24) is 4.90 Å². The van der Waals surface area contributed by atoms with E-state index >= 15 is 0 Å². The molecular formula is C22H22N2O4S. The Balaban J connectivity index is 1.71. The predicted molar refractivity (Wildman–Crippen MR) is 115 cm³/mol. The molecule has 0 aromatic heterocycles. The molecule has 0 spiro atoms. The lowest BCUT2D eigenvalue weighted by Crippen LogP contribution is -2.36. The normalized spacial score (nSPS) is 15.2. The number of aryl methyl sites for hydroxylation is 3. The summed E-state index contributed by atoms with van der Waals surface area (Å²) in [5.74, 6) is -0.176. The molecule has 7 heteroatoms. The summed E-state index contributed by atoms with van der Waals surface area (Å²) in [7, 11) is 1.57. The minimum atomic E-state index is -0.469. The van der Waals surface area contributed by atoms with Crippen LogP contribution in [0.4, 0.5) is 10.5 Å². The van der Waals surface area contributed by atoms with Crippen molar-refractivity contribution in [2.24, 2.45) is 0 Å². The Morgan fingerprint density at radius 1 is 1.10 bits per heavy atom. The van der Waals surface area contributed by atoms with Gasteiger partial charge in [-0.25, -0.2) is 0 Å². The van der Waals surface area contributed by atoms with Crippen LogP contribution in [0, 0.1) is 20.8 Å². The van der Waals surface area contributed by atoms with Crippen molar-refractivity contribution >= 4 is 40.6 Å². The van der Waals surface area contributed by atoms with Gasteiger partial charge in [-0.3, -0.25) is 19.3 Å². The number of rotatable bonds is 5. The lowest BCUT2D eigenvalue weighted by molar-refractivity contribution is -0.127. The summed E-state index contributed by atoms with van der Waals surface area (Å²) in [5, 5.41) is 2.37. The third-order valence-electron chi connectivity index (χ3n) is 4.53. The highest BCUT2D eigenvalue weighted by atomic mass is 32.2. The molecule has 1 fully saturated rings. The van der Waals surface area contributed by atoms with Gasteiger partial charge in [0, 0.05) is 5.69 Å². The van der Waals surface area contributed by atoms with Gasteiger partial charge in [-0.15, -0.1) is 0 Å². The van der Waals surface area contributed by atoms with Crippen molar-refractivity contribution < 1.29 is 19.1 Å². The van der Waals surface area contributed by atoms with Gasteiger partial charge >= 0.3 is 0 Å². The first-order valence-corrected chi connectivity index (χ1v) is 9.87. The molecule has 1 aliphatic rings. The molecule has 0 radical (unpaired) electrons. The first-order valence-electron chi connectivity index (χ1n) is 9.05. The maximum Gasteiger partial charge on any atom is 0.294 e. The van der Waals surface area contributed by atoms with Gasteiger partial charge in [-0.1, -0.05) is 29.8 Å². The lowest BCUT2D eigenvalue weighted by atomic mass is 10.1. The summed E-state index contributed by atoms with van der Waals surface area (Å²) in [6, 6.07) is 11.1. The van der Waals surface area contributed by atoms with Gasteiger partial charge in [-0.2, -0.15) is 0 Å². The molecule has 0 bridgehead atoms. The lowest BCUT2D eigenvalue weighted by Gasteiger charge is -2.15. The largest absolute Gasteiger partial charge is 0.497 e. The molecule has 150 valence electrons. The van der Waals surface area contributed by atoms with Crippen LogP contribution in [0.1, 0.15) is 22.3 Å². The first-order chi connectivity index (χ1) is 13.8. The number of ether oxygens (including phenoxy) is 1. The third kappa shape index (κ3) is 4.68. The van der Waals surface area contributed by atoms with Gasteiger partial charge in [0.25, 0.3) is 11.1 Å². The number of nitrogens with one attached hydrogen (secondary N) is 1. The second kappa shape index (κ2) is 8.53. The molecule has 2 aromatic carbocycles. The Morgan fingerprint density at radius 2 is 1.72 bits per heavy atom. The fourth-order valence-corrected chi connectivity index (χ4v) is 4.03. The number of imide groups is 1. The Kier molecular flexibility index (Phi) is 6.08. The van der Waals surface area contributed by atoms with E-state index in [1.165, 1.54) is 0 Å². The average Bonchev–Trinajstić information content (AvgIpc) is 2.92. The van der Waals surface area contributed by atoms with Crippen LogP contribution in [0.15, 0.2) is 41.3 Å². The first kappa shape index (κ1) is 20.7. The Labute approximate surface area is 173 Å². The summed E-state index contributed by atoms with van der Waals surface area (Å²) in [5.41, 5.74) is 4.45. The highest BCUT2D eigenvalue weighted by molar-refractivity contribution is 8.18. The van der Waals surface area contributed by atoms with E-state index in [0.717, 1.165) is 38.9 Å². The van der Waals surface area contributed by atoms with Crippen LogP contribution in [0.3, 0.4) is 0 Å². The molecule has 3 amide bonds. The van der Waals surface area contributed by atoms with E-state index in [2.05, 4.69) is 5.32 Å². The third-order valence-corrected chi connectivity index (χ3v) is 5.44. The van der Waals surface area contributed by atoms with E-state index in [0.29, 0.717) is 11.4 Å². The van der Waals surface area contributed by atoms with E-state index in [4.69, 9.17) is 4.74 Å². The molecule has 29 heavy (non-hydrogen) atoms. The SMILES string of the molecule is COc1ccc(/C=C2/SC(=O)N(CC(=O)Nc3c(C)cc(C)cc3C)C2=O)cc1. The molecule has 2 aromatic rings. The van der Waals surface area contributed by atoms with Crippen molar-refractivity contribution in [3.8, 4) is 5.75 Å². The smallest absolute Gasteiger partial charge is 0.294 e. The van der Waals surface area contributed by atoms with E-state index in [1.807, 2.05) is 32.9 Å². The number of carbonyl (C=O) groups excluding carboxylic acids is 3. The van der Waals surface area contributed by atoms with Crippen molar-refractivity contribution in [1.29, 1.82) is 0 Å². The van der Waals surface area contributed by atoms with E-state index in [-0.39, 0.29) is 11.4 Å². The minimum absolute atomic E-state index is 0.288. The minimum Gasteiger partial charge on any atom is -0.497 e. The van der Waals surface area contributed by atoms with Crippen molar-refractivity contribution in [2.75, 3.05) is 19.0 Å². The highest BCUT2D eigenvalue weighted by Crippen LogP contribution is 2.32. The molecule has 1 aliphatic heterocycles. The van der Waals surface area contributed by atoms with Gasteiger partial charge in [0.15, 0.2) is 0 Å². The van der Waals surface area contributed by atoms with Gasteiger partial charge in [0.05, 0.1) is 12.0 Å². The van der Waals surface area contributed by atoms with Crippen molar-refractivity contribution in [2.45, 2.75) is 20.8 Å².